The molecule has 0 unspecified atom stereocenters. The first-order chi connectivity index (χ1) is 16.2. The third-order valence-electron chi connectivity index (χ3n) is 6.36. The predicted octanol–water partition coefficient (Wildman–Crippen LogP) is 3.60. The quantitative estimate of drug-likeness (QED) is 0.539. The highest BCUT2D eigenvalue weighted by molar-refractivity contribution is 6.35. The summed E-state index contributed by atoms with van der Waals surface area (Å²) < 4.78 is 5.12. The molecule has 0 saturated heterocycles. The van der Waals surface area contributed by atoms with E-state index in [9.17, 15) is 24.4 Å². The first-order valence-corrected chi connectivity index (χ1v) is 11.2. The molecule has 1 heterocycles. The van der Waals surface area contributed by atoms with E-state index in [2.05, 4.69) is 11.4 Å². The van der Waals surface area contributed by atoms with Crippen LogP contribution in [0, 0.1) is 25.2 Å². The van der Waals surface area contributed by atoms with Gasteiger partial charge < -0.3 is 10.1 Å². The lowest BCUT2D eigenvalue weighted by atomic mass is 9.83. The smallest absolute Gasteiger partial charge is 0.338 e. The van der Waals surface area contributed by atoms with Crippen molar-refractivity contribution in [3.63, 3.8) is 0 Å². The molecule has 174 valence electrons. The molecule has 0 bridgehead atoms. The summed E-state index contributed by atoms with van der Waals surface area (Å²) >= 11 is 0. The van der Waals surface area contributed by atoms with Crippen LogP contribution in [0.1, 0.15) is 74.3 Å². The van der Waals surface area contributed by atoms with Crippen LogP contribution in [0.2, 0.25) is 0 Å². The normalized spacial score (nSPS) is 16.6. The van der Waals surface area contributed by atoms with E-state index in [-0.39, 0.29) is 16.7 Å². The number of nitriles is 1. The molecule has 0 atom stereocenters. The maximum atomic E-state index is 13.1. The average molecular weight is 460 g/mol. The van der Waals surface area contributed by atoms with Gasteiger partial charge in [-0.3, -0.25) is 14.4 Å². The second-order valence-corrected chi connectivity index (χ2v) is 8.87. The van der Waals surface area contributed by atoms with Gasteiger partial charge in [-0.05, 0) is 62.1 Å². The molecule has 8 heteroatoms. The number of fused-ring (bicyclic) bond motifs is 1. The van der Waals surface area contributed by atoms with Crippen LogP contribution in [0.15, 0.2) is 36.4 Å². The lowest BCUT2D eigenvalue weighted by Crippen LogP contribution is -2.50. The molecule has 0 radical (unpaired) electrons. The Morgan fingerprint density at radius 2 is 1.74 bits per heavy atom. The van der Waals surface area contributed by atoms with Crippen LogP contribution in [0.4, 0.5) is 5.69 Å². The van der Waals surface area contributed by atoms with E-state index in [1.807, 2.05) is 26.0 Å². The number of rotatable bonds is 5. The number of carbonyl (C=O) groups excluding carboxylic acids is 4. The highest BCUT2D eigenvalue weighted by atomic mass is 16.5. The summed E-state index contributed by atoms with van der Waals surface area (Å²) in [5.74, 6) is -2.32. The summed E-state index contributed by atoms with van der Waals surface area (Å²) in [7, 11) is 0. The number of esters is 1. The van der Waals surface area contributed by atoms with Crippen molar-refractivity contribution < 1.29 is 23.9 Å². The third kappa shape index (κ3) is 4.29. The second kappa shape index (κ2) is 9.10. The molecule has 2 aromatic rings. The van der Waals surface area contributed by atoms with Crippen LogP contribution < -0.4 is 10.2 Å². The summed E-state index contributed by atoms with van der Waals surface area (Å²) in [4.78, 5) is 52.0. The number of aryl methyl sites for hydroxylation is 2. The minimum atomic E-state index is -0.917. The van der Waals surface area contributed by atoms with Crippen molar-refractivity contribution in [2.75, 3.05) is 11.5 Å². The number of anilines is 1. The molecular formula is C26H25N3O5. The van der Waals surface area contributed by atoms with E-state index in [1.165, 1.54) is 18.2 Å². The zero-order chi connectivity index (χ0) is 24.5. The van der Waals surface area contributed by atoms with Gasteiger partial charge >= 0.3 is 5.97 Å². The standard InChI is InChI=1S/C26H25N3O5/c1-16-6-7-17(2)21(12-16)29-23(31)19-9-8-18(13-20(19)24(29)32)25(33)34-14-22(30)28-26(15-27)10-4-3-5-11-26/h6-9,12-13H,3-5,10-11,14H2,1-2H3,(H,28,30). The topological polar surface area (TPSA) is 117 Å². The van der Waals surface area contributed by atoms with Crippen molar-refractivity contribution in [3.8, 4) is 6.07 Å². The fraction of sp³-hybridized carbons (Fsp3) is 0.346. The van der Waals surface area contributed by atoms with Crippen molar-refractivity contribution in [2.45, 2.75) is 51.5 Å². The van der Waals surface area contributed by atoms with Crippen molar-refractivity contribution in [1.29, 1.82) is 5.26 Å². The van der Waals surface area contributed by atoms with Gasteiger partial charge in [0.05, 0.1) is 28.4 Å². The Balaban J connectivity index is 1.46. The van der Waals surface area contributed by atoms with E-state index >= 15 is 0 Å². The van der Waals surface area contributed by atoms with E-state index < -0.39 is 35.8 Å². The van der Waals surface area contributed by atoms with Crippen LogP contribution in [-0.4, -0.2) is 35.8 Å². The fourth-order valence-electron chi connectivity index (χ4n) is 4.48. The van der Waals surface area contributed by atoms with E-state index in [0.29, 0.717) is 18.5 Å². The Bertz CT molecular complexity index is 1240. The maximum absolute atomic E-state index is 13.1. The molecule has 3 amide bonds. The van der Waals surface area contributed by atoms with Crippen molar-refractivity contribution in [3.05, 3.63) is 64.2 Å². The molecule has 1 fully saturated rings. The fourth-order valence-corrected chi connectivity index (χ4v) is 4.48. The molecule has 8 nitrogen and oxygen atoms in total. The Morgan fingerprint density at radius 3 is 2.44 bits per heavy atom. The highest BCUT2D eigenvalue weighted by Gasteiger charge is 2.38. The minimum Gasteiger partial charge on any atom is -0.452 e. The largest absolute Gasteiger partial charge is 0.452 e. The van der Waals surface area contributed by atoms with Gasteiger partial charge in [-0.25, -0.2) is 9.69 Å². The lowest BCUT2D eigenvalue weighted by Gasteiger charge is -2.31. The summed E-state index contributed by atoms with van der Waals surface area (Å²) in [6, 6.07) is 11.8. The molecule has 2 aliphatic rings. The Kier molecular flexibility index (Phi) is 6.20. The summed E-state index contributed by atoms with van der Waals surface area (Å²) in [5.41, 5.74) is 1.64. The van der Waals surface area contributed by atoms with Gasteiger partial charge in [-0.2, -0.15) is 5.26 Å². The number of carbonyl (C=O) groups is 4. The Hall–Kier alpha value is -3.99. The molecule has 1 N–H and O–H groups in total. The van der Waals surface area contributed by atoms with Crippen LogP contribution in [0.5, 0.6) is 0 Å². The van der Waals surface area contributed by atoms with Crippen molar-refractivity contribution in [2.24, 2.45) is 0 Å². The van der Waals surface area contributed by atoms with Gasteiger partial charge in [-0.1, -0.05) is 31.4 Å². The monoisotopic (exact) mass is 459 g/mol. The van der Waals surface area contributed by atoms with E-state index in [1.54, 1.807) is 6.07 Å². The van der Waals surface area contributed by atoms with Gasteiger partial charge in [0.25, 0.3) is 17.7 Å². The van der Waals surface area contributed by atoms with Crippen molar-refractivity contribution in [1.82, 2.24) is 5.32 Å². The molecule has 1 aliphatic carbocycles. The van der Waals surface area contributed by atoms with Gasteiger partial charge in [0, 0.05) is 0 Å². The number of imide groups is 1. The number of nitrogens with one attached hydrogen (secondary N) is 1. The second-order valence-electron chi connectivity index (χ2n) is 8.87. The molecule has 34 heavy (non-hydrogen) atoms. The first kappa shape index (κ1) is 23.2. The molecule has 0 aromatic heterocycles. The third-order valence-corrected chi connectivity index (χ3v) is 6.36. The van der Waals surface area contributed by atoms with Crippen molar-refractivity contribution >= 4 is 29.4 Å². The molecule has 4 rings (SSSR count). The zero-order valence-corrected chi connectivity index (χ0v) is 19.1. The SMILES string of the molecule is Cc1ccc(C)c(N2C(=O)c3ccc(C(=O)OCC(=O)NC4(C#N)CCCCC4)cc3C2=O)c1. The first-order valence-electron chi connectivity index (χ1n) is 11.2. The molecule has 0 spiro atoms. The summed E-state index contributed by atoms with van der Waals surface area (Å²) in [6.07, 6.45) is 3.88. The number of amides is 3. The number of benzene rings is 2. The van der Waals surface area contributed by atoms with Crippen LogP contribution in [0.25, 0.3) is 0 Å². The minimum absolute atomic E-state index is 0.0585. The van der Waals surface area contributed by atoms with Crippen LogP contribution >= 0.6 is 0 Å². The molecule has 1 aliphatic heterocycles. The summed E-state index contributed by atoms with van der Waals surface area (Å²) in [6.45, 7) is 3.15. The molecule has 2 aromatic carbocycles. The number of hydrogen-bond donors (Lipinski definition) is 1. The number of nitrogens with zero attached hydrogens (tertiary/aromatic N) is 2. The predicted molar refractivity (Wildman–Crippen MR) is 123 cm³/mol. The van der Waals surface area contributed by atoms with Crippen LogP contribution in [0.3, 0.4) is 0 Å². The Labute approximate surface area is 197 Å². The number of hydrogen-bond acceptors (Lipinski definition) is 6. The highest BCUT2D eigenvalue weighted by Crippen LogP contribution is 2.32. The lowest BCUT2D eigenvalue weighted by molar-refractivity contribution is -0.125. The van der Waals surface area contributed by atoms with E-state index in [4.69, 9.17) is 4.74 Å². The summed E-state index contributed by atoms with van der Waals surface area (Å²) in [5, 5.41) is 12.2. The van der Waals surface area contributed by atoms with Gasteiger partial charge in [0.1, 0.15) is 5.54 Å². The van der Waals surface area contributed by atoms with Gasteiger partial charge in [0.2, 0.25) is 0 Å². The van der Waals surface area contributed by atoms with Gasteiger partial charge in [0.15, 0.2) is 6.61 Å². The Morgan fingerprint density at radius 1 is 1.03 bits per heavy atom. The van der Waals surface area contributed by atoms with Gasteiger partial charge in [-0.15, -0.1) is 0 Å². The average Bonchev–Trinajstić information content (AvgIpc) is 3.09. The molecular weight excluding hydrogens is 434 g/mol. The molecule has 1 saturated carbocycles. The zero-order valence-electron chi connectivity index (χ0n) is 19.1. The van der Waals surface area contributed by atoms with E-state index in [0.717, 1.165) is 35.3 Å². The number of ether oxygens (including phenoxy) is 1. The van der Waals surface area contributed by atoms with Crippen LogP contribution in [-0.2, 0) is 9.53 Å². The maximum Gasteiger partial charge on any atom is 0.338 e.